The maximum atomic E-state index is 4.33. The van der Waals surface area contributed by atoms with Crippen LogP contribution in [0, 0.1) is 0 Å². The molecule has 1 saturated heterocycles. The van der Waals surface area contributed by atoms with Gasteiger partial charge in [-0.05, 0) is 49.7 Å². The van der Waals surface area contributed by atoms with Gasteiger partial charge in [-0.25, -0.2) is 0 Å². The van der Waals surface area contributed by atoms with E-state index in [1.807, 2.05) is 36.9 Å². The number of aromatic nitrogens is 2. The Bertz CT molecular complexity index is 521. The molecule has 3 rings (SSSR count). The van der Waals surface area contributed by atoms with Crippen LogP contribution in [0.4, 0.5) is 5.69 Å². The number of hydrogen-bond donors (Lipinski definition) is 2. The van der Waals surface area contributed by atoms with Gasteiger partial charge in [0.1, 0.15) is 0 Å². The second-order valence-corrected chi connectivity index (χ2v) is 4.87. The zero-order valence-electron chi connectivity index (χ0n) is 10.8. The third-order valence-electron chi connectivity index (χ3n) is 3.46. The summed E-state index contributed by atoms with van der Waals surface area (Å²) in [6.07, 6.45) is 9.74. The number of nitrogens with zero attached hydrogens (tertiary/aromatic N) is 2. The molecule has 4 nitrogen and oxygen atoms in total. The van der Waals surface area contributed by atoms with Crippen LogP contribution < -0.4 is 10.6 Å². The van der Waals surface area contributed by atoms with Crippen molar-refractivity contribution in [3.05, 3.63) is 43.0 Å². The molecule has 0 aromatic carbocycles. The number of piperidine rings is 1. The van der Waals surface area contributed by atoms with Crippen molar-refractivity contribution in [2.75, 3.05) is 18.4 Å². The van der Waals surface area contributed by atoms with Crippen molar-refractivity contribution < 1.29 is 0 Å². The third-order valence-corrected chi connectivity index (χ3v) is 3.46. The van der Waals surface area contributed by atoms with Crippen LogP contribution in [0.3, 0.4) is 0 Å². The van der Waals surface area contributed by atoms with E-state index in [0.29, 0.717) is 6.04 Å². The fourth-order valence-electron chi connectivity index (χ4n) is 2.42. The molecular formula is C15H18N4. The number of hydrogen-bond acceptors (Lipinski definition) is 4. The minimum atomic E-state index is 0.552. The highest BCUT2D eigenvalue weighted by molar-refractivity contribution is 5.66. The first-order valence-electron chi connectivity index (χ1n) is 6.74. The third kappa shape index (κ3) is 3.09. The van der Waals surface area contributed by atoms with E-state index in [9.17, 15) is 0 Å². The van der Waals surface area contributed by atoms with Crippen molar-refractivity contribution in [3.63, 3.8) is 0 Å². The molecule has 2 aromatic rings. The summed E-state index contributed by atoms with van der Waals surface area (Å²) < 4.78 is 0. The Balaban J connectivity index is 1.76. The molecule has 0 unspecified atom stereocenters. The summed E-state index contributed by atoms with van der Waals surface area (Å²) in [5, 5.41) is 6.95. The minimum absolute atomic E-state index is 0.552. The Morgan fingerprint density at radius 3 is 2.58 bits per heavy atom. The monoisotopic (exact) mass is 254 g/mol. The van der Waals surface area contributed by atoms with E-state index in [1.165, 1.54) is 12.8 Å². The summed E-state index contributed by atoms with van der Waals surface area (Å²) in [7, 11) is 0. The second-order valence-electron chi connectivity index (χ2n) is 4.87. The molecular weight excluding hydrogens is 236 g/mol. The first kappa shape index (κ1) is 12.1. The van der Waals surface area contributed by atoms with Crippen molar-refractivity contribution in [2.24, 2.45) is 0 Å². The van der Waals surface area contributed by atoms with Crippen molar-refractivity contribution >= 4 is 5.69 Å². The van der Waals surface area contributed by atoms with Crippen LogP contribution >= 0.6 is 0 Å². The molecule has 19 heavy (non-hydrogen) atoms. The van der Waals surface area contributed by atoms with Gasteiger partial charge in [0.2, 0.25) is 0 Å². The van der Waals surface area contributed by atoms with Gasteiger partial charge in [0.25, 0.3) is 0 Å². The predicted octanol–water partition coefficient (Wildman–Crippen LogP) is 2.31. The fourth-order valence-corrected chi connectivity index (χ4v) is 2.42. The largest absolute Gasteiger partial charge is 0.381 e. The van der Waals surface area contributed by atoms with Gasteiger partial charge in [0.15, 0.2) is 0 Å². The van der Waals surface area contributed by atoms with Gasteiger partial charge >= 0.3 is 0 Å². The van der Waals surface area contributed by atoms with Crippen LogP contribution in [0.1, 0.15) is 12.8 Å². The highest BCUT2D eigenvalue weighted by Crippen LogP contribution is 2.21. The van der Waals surface area contributed by atoms with Crippen LogP contribution in [0.2, 0.25) is 0 Å². The Hall–Kier alpha value is -1.94. The number of nitrogens with one attached hydrogen (secondary N) is 2. The van der Waals surface area contributed by atoms with Gasteiger partial charge in [-0.1, -0.05) is 0 Å². The van der Waals surface area contributed by atoms with E-state index in [0.717, 1.165) is 29.9 Å². The molecule has 3 heterocycles. The molecule has 4 heteroatoms. The zero-order chi connectivity index (χ0) is 12.9. The van der Waals surface area contributed by atoms with Crippen LogP contribution in [0.15, 0.2) is 43.0 Å². The van der Waals surface area contributed by atoms with Crippen molar-refractivity contribution in [1.82, 2.24) is 15.3 Å². The first-order valence-corrected chi connectivity index (χ1v) is 6.74. The SMILES string of the molecule is c1cc(-c2cncc(NC3CCNCC3)c2)ccn1. The first-order chi connectivity index (χ1) is 9.42. The van der Waals surface area contributed by atoms with E-state index in [1.54, 1.807) is 0 Å². The minimum Gasteiger partial charge on any atom is -0.381 e. The average molecular weight is 254 g/mol. The molecule has 98 valence electrons. The van der Waals surface area contributed by atoms with Crippen molar-refractivity contribution in [3.8, 4) is 11.1 Å². The van der Waals surface area contributed by atoms with Gasteiger partial charge in [0.05, 0.1) is 5.69 Å². The molecule has 1 fully saturated rings. The molecule has 0 atom stereocenters. The standard InChI is InChI=1S/C15H18N4/c1-5-16-6-2-12(1)13-9-15(11-18-10-13)19-14-3-7-17-8-4-14/h1-2,5-6,9-11,14,17,19H,3-4,7-8H2. The maximum Gasteiger partial charge on any atom is 0.0535 e. The van der Waals surface area contributed by atoms with Gasteiger partial charge < -0.3 is 10.6 Å². The molecule has 0 bridgehead atoms. The summed E-state index contributed by atoms with van der Waals surface area (Å²) in [5.74, 6) is 0. The highest BCUT2D eigenvalue weighted by Gasteiger charge is 2.12. The van der Waals surface area contributed by atoms with E-state index in [4.69, 9.17) is 0 Å². The molecule has 0 radical (unpaired) electrons. The van der Waals surface area contributed by atoms with Crippen LogP contribution in [-0.2, 0) is 0 Å². The lowest BCUT2D eigenvalue weighted by atomic mass is 10.1. The molecule has 2 N–H and O–H groups in total. The van der Waals surface area contributed by atoms with E-state index < -0.39 is 0 Å². The molecule has 1 aliphatic heterocycles. The molecule has 0 spiro atoms. The van der Waals surface area contributed by atoms with E-state index >= 15 is 0 Å². The Morgan fingerprint density at radius 1 is 1.00 bits per heavy atom. The van der Waals surface area contributed by atoms with Crippen LogP contribution in [0.25, 0.3) is 11.1 Å². The molecule has 0 amide bonds. The normalized spacial score (nSPS) is 16.2. The van der Waals surface area contributed by atoms with Crippen LogP contribution in [-0.4, -0.2) is 29.1 Å². The van der Waals surface area contributed by atoms with Gasteiger partial charge in [0, 0.05) is 36.4 Å². The smallest absolute Gasteiger partial charge is 0.0535 e. The van der Waals surface area contributed by atoms with E-state index in [2.05, 4.69) is 26.7 Å². The summed E-state index contributed by atoms with van der Waals surface area (Å²) >= 11 is 0. The molecule has 1 aliphatic rings. The zero-order valence-corrected chi connectivity index (χ0v) is 10.8. The number of rotatable bonds is 3. The fraction of sp³-hybridized carbons (Fsp3) is 0.333. The Labute approximate surface area is 113 Å². The van der Waals surface area contributed by atoms with Gasteiger partial charge in [-0.15, -0.1) is 0 Å². The molecule has 0 saturated carbocycles. The predicted molar refractivity (Wildman–Crippen MR) is 77.0 cm³/mol. The van der Waals surface area contributed by atoms with Crippen molar-refractivity contribution in [1.29, 1.82) is 0 Å². The summed E-state index contributed by atoms with van der Waals surface area (Å²) in [6.45, 7) is 2.18. The lowest BCUT2D eigenvalue weighted by Crippen LogP contribution is -2.35. The summed E-state index contributed by atoms with van der Waals surface area (Å²) in [6, 6.07) is 6.72. The van der Waals surface area contributed by atoms with Crippen molar-refractivity contribution in [2.45, 2.75) is 18.9 Å². The van der Waals surface area contributed by atoms with E-state index in [-0.39, 0.29) is 0 Å². The second kappa shape index (κ2) is 5.80. The van der Waals surface area contributed by atoms with Gasteiger partial charge in [-0.2, -0.15) is 0 Å². The molecule has 0 aliphatic carbocycles. The topological polar surface area (TPSA) is 49.8 Å². The van der Waals surface area contributed by atoms with Gasteiger partial charge in [-0.3, -0.25) is 9.97 Å². The lowest BCUT2D eigenvalue weighted by Gasteiger charge is -2.24. The number of pyridine rings is 2. The Morgan fingerprint density at radius 2 is 1.79 bits per heavy atom. The summed E-state index contributed by atoms with van der Waals surface area (Å²) in [4.78, 5) is 8.37. The lowest BCUT2D eigenvalue weighted by molar-refractivity contribution is 0.479. The number of anilines is 1. The summed E-state index contributed by atoms with van der Waals surface area (Å²) in [5.41, 5.74) is 3.37. The Kier molecular flexibility index (Phi) is 3.70. The maximum absolute atomic E-state index is 4.33. The molecule has 2 aromatic heterocycles. The van der Waals surface area contributed by atoms with Crippen LogP contribution in [0.5, 0.6) is 0 Å². The highest BCUT2D eigenvalue weighted by atomic mass is 15.0. The quantitative estimate of drug-likeness (QED) is 0.882. The average Bonchev–Trinajstić information content (AvgIpc) is 2.49.